The van der Waals surface area contributed by atoms with E-state index < -0.39 is 0 Å². The Morgan fingerprint density at radius 1 is 1.36 bits per heavy atom. The number of oxazole rings is 1. The van der Waals surface area contributed by atoms with Crippen molar-refractivity contribution in [2.45, 2.75) is 33.4 Å². The highest BCUT2D eigenvalue weighted by Crippen LogP contribution is 2.30. The van der Waals surface area contributed by atoms with Crippen LogP contribution in [0.1, 0.15) is 41.8 Å². The number of carbonyl (C=O) groups excluding carboxylic acids is 1. The van der Waals surface area contributed by atoms with Crippen molar-refractivity contribution in [1.82, 2.24) is 14.8 Å². The van der Waals surface area contributed by atoms with Crippen LogP contribution in [0.2, 0.25) is 0 Å². The molecular formula is C18H19N3O4. The van der Waals surface area contributed by atoms with Gasteiger partial charge in [0.2, 0.25) is 0 Å². The zero-order valence-electron chi connectivity index (χ0n) is 14.3. The highest BCUT2D eigenvalue weighted by molar-refractivity contribution is 5.83. The fraction of sp³-hybridized carbons (Fsp3) is 0.278. The van der Waals surface area contributed by atoms with E-state index >= 15 is 0 Å². The van der Waals surface area contributed by atoms with Crippen molar-refractivity contribution in [3.8, 4) is 23.0 Å². The van der Waals surface area contributed by atoms with Crippen molar-refractivity contribution >= 4 is 6.29 Å². The number of rotatable bonds is 6. The Bertz CT molecular complexity index is 896. The molecule has 2 heterocycles. The monoisotopic (exact) mass is 341 g/mol. The minimum absolute atomic E-state index is 0.0975. The summed E-state index contributed by atoms with van der Waals surface area (Å²) in [6.07, 6.45) is 2.27. The molecule has 0 bridgehead atoms. The number of aromatic nitrogens is 3. The van der Waals surface area contributed by atoms with Gasteiger partial charge >= 0.3 is 0 Å². The molecule has 130 valence electrons. The van der Waals surface area contributed by atoms with Gasteiger partial charge in [-0.3, -0.25) is 9.48 Å². The highest BCUT2D eigenvalue weighted by Gasteiger charge is 2.19. The standard InChI is InChI=1S/C18H19N3O4/c1-11(2)21-15(7-8-19-21)18-14(20-12(3)25-18)10-24-17-6-4-5-16(23)13(17)9-22/h4-9,11,23H,10H2,1-3H3. The van der Waals surface area contributed by atoms with Crippen LogP contribution in [0.25, 0.3) is 11.5 Å². The van der Waals surface area contributed by atoms with Crippen molar-refractivity contribution in [3.05, 3.63) is 47.6 Å². The Morgan fingerprint density at radius 2 is 2.16 bits per heavy atom. The number of benzene rings is 1. The van der Waals surface area contributed by atoms with Crippen LogP contribution in [0.3, 0.4) is 0 Å². The molecule has 25 heavy (non-hydrogen) atoms. The maximum Gasteiger partial charge on any atom is 0.192 e. The minimum Gasteiger partial charge on any atom is -0.507 e. The molecule has 3 aromatic rings. The summed E-state index contributed by atoms with van der Waals surface area (Å²) < 4.78 is 13.3. The van der Waals surface area contributed by atoms with Crippen molar-refractivity contribution in [1.29, 1.82) is 0 Å². The van der Waals surface area contributed by atoms with E-state index in [0.717, 1.165) is 5.69 Å². The van der Waals surface area contributed by atoms with E-state index in [-0.39, 0.29) is 24.0 Å². The van der Waals surface area contributed by atoms with Crippen LogP contribution in [0.4, 0.5) is 0 Å². The van der Waals surface area contributed by atoms with Gasteiger partial charge in [0.25, 0.3) is 0 Å². The van der Waals surface area contributed by atoms with E-state index in [0.29, 0.717) is 29.4 Å². The summed E-state index contributed by atoms with van der Waals surface area (Å²) in [6, 6.07) is 6.68. The largest absolute Gasteiger partial charge is 0.507 e. The second-order valence-electron chi connectivity index (χ2n) is 5.86. The predicted octanol–water partition coefficient (Wildman–Crippen LogP) is 3.52. The average molecular weight is 341 g/mol. The normalized spacial score (nSPS) is 11.0. The first kappa shape index (κ1) is 16.8. The fourth-order valence-corrected chi connectivity index (χ4v) is 2.60. The molecule has 0 amide bonds. The number of hydrogen-bond acceptors (Lipinski definition) is 6. The second kappa shape index (κ2) is 6.80. The third kappa shape index (κ3) is 3.26. The van der Waals surface area contributed by atoms with E-state index in [1.165, 1.54) is 6.07 Å². The molecule has 3 rings (SSSR count). The first-order chi connectivity index (χ1) is 12.0. The summed E-state index contributed by atoms with van der Waals surface area (Å²) in [5.41, 5.74) is 1.51. The van der Waals surface area contributed by atoms with Crippen LogP contribution in [0, 0.1) is 6.92 Å². The van der Waals surface area contributed by atoms with Gasteiger partial charge in [-0.2, -0.15) is 5.10 Å². The van der Waals surface area contributed by atoms with E-state index in [4.69, 9.17) is 9.15 Å². The maximum atomic E-state index is 11.2. The molecule has 0 unspecified atom stereocenters. The van der Waals surface area contributed by atoms with Crippen molar-refractivity contribution < 1.29 is 19.1 Å². The number of nitrogens with zero attached hydrogens (tertiary/aromatic N) is 3. The van der Waals surface area contributed by atoms with E-state index in [1.54, 1.807) is 25.3 Å². The van der Waals surface area contributed by atoms with Gasteiger partial charge in [0.15, 0.2) is 17.9 Å². The summed E-state index contributed by atoms with van der Waals surface area (Å²) in [6.45, 7) is 5.91. The Balaban J connectivity index is 1.91. The van der Waals surface area contributed by atoms with Crippen LogP contribution >= 0.6 is 0 Å². The van der Waals surface area contributed by atoms with Crippen LogP contribution in [0.5, 0.6) is 11.5 Å². The number of aldehydes is 1. The fourth-order valence-electron chi connectivity index (χ4n) is 2.60. The summed E-state index contributed by atoms with van der Waals surface area (Å²) in [5.74, 6) is 1.26. The Labute approximate surface area is 144 Å². The molecule has 1 N–H and O–H groups in total. The lowest BCUT2D eigenvalue weighted by atomic mass is 10.2. The first-order valence-corrected chi connectivity index (χ1v) is 7.91. The molecule has 0 aliphatic heterocycles. The number of aryl methyl sites for hydroxylation is 1. The summed E-state index contributed by atoms with van der Waals surface area (Å²) >= 11 is 0. The van der Waals surface area contributed by atoms with Crippen molar-refractivity contribution in [2.24, 2.45) is 0 Å². The zero-order valence-corrected chi connectivity index (χ0v) is 14.3. The number of phenols is 1. The molecule has 0 fully saturated rings. The third-order valence-corrected chi connectivity index (χ3v) is 3.72. The van der Waals surface area contributed by atoms with Gasteiger partial charge in [0.1, 0.15) is 29.5 Å². The van der Waals surface area contributed by atoms with Gasteiger partial charge in [0, 0.05) is 19.2 Å². The summed E-state index contributed by atoms with van der Waals surface area (Å²) in [4.78, 5) is 15.5. The molecule has 1 aromatic carbocycles. The lowest BCUT2D eigenvalue weighted by Crippen LogP contribution is -2.06. The van der Waals surface area contributed by atoms with Crippen LogP contribution < -0.4 is 4.74 Å². The number of ether oxygens (including phenoxy) is 1. The van der Waals surface area contributed by atoms with Crippen LogP contribution in [-0.4, -0.2) is 26.2 Å². The van der Waals surface area contributed by atoms with Crippen molar-refractivity contribution in [2.75, 3.05) is 0 Å². The lowest BCUT2D eigenvalue weighted by Gasteiger charge is -2.11. The maximum absolute atomic E-state index is 11.2. The predicted molar refractivity (Wildman–Crippen MR) is 90.7 cm³/mol. The molecule has 7 nitrogen and oxygen atoms in total. The number of hydrogen-bond donors (Lipinski definition) is 1. The molecule has 0 spiro atoms. The third-order valence-electron chi connectivity index (χ3n) is 3.72. The molecule has 0 saturated carbocycles. The smallest absolute Gasteiger partial charge is 0.192 e. The number of phenolic OH excluding ortho intramolecular Hbond substituents is 1. The topological polar surface area (TPSA) is 90.4 Å². The zero-order chi connectivity index (χ0) is 18.0. The minimum atomic E-state index is -0.123. The highest BCUT2D eigenvalue weighted by atomic mass is 16.5. The number of carbonyl (C=O) groups is 1. The summed E-state index contributed by atoms with van der Waals surface area (Å²) in [7, 11) is 0. The van der Waals surface area contributed by atoms with Gasteiger partial charge in [-0.15, -0.1) is 0 Å². The van der Waals surface area contributed by atoms with Gasteiger partial charge in [-0.1, -0.05) is 6.07 Å². The molecular weight excluding hydrogens is 322 g/mol. The average Bonchev–Trinajstić information content (AvgIpc) is 3.19. The Kier molecular flexibility index (Phi) is 4.56. The number of aromatic hydroxyl groups is 1. The van der Waals surface area contributed by atoms with Crippen LogP contribution in [0.15, 0.2) is 34.9 Å². The van der Waals surface area contributed by atoms with Gasteiger partial charge in [-0.05, 0) is 32.0 Å². The molecule has 2 aromatic heterocycles. The molecule has 7 heteroatoms. The Hall–Kier alpha value is -3.09. The van der Waals surface area contributed by atoms with E-state index in [9.17, 15) is 9.90 Å². The summed E-state index contributed by atoms with van der Waals surface area (Å²) in [5, 5.41) is 14.0. The molecule has 0 aliphatic carbocycles. The Morgan fingerprint density at radius 3 is 2.88 bits per heavy atom. The molecule has 0 saturated heterocycles. The van der Waals surface area contributed by atoms with E-state index in [1.807, 2.05) is 24.6 Å². The SMILES string of the molecule is Cc1nc(COc2cccc(O)c2C=O)c(-c2ccnn2C(C)C)o1. The quantitative estimate of drug-likeness (QED) is 0.690. The van der Waals surface area contributed by atoms with Gasteiger partial charge in [-0.25, -0.2) is 4.98 Å². The first-order valence-electron chi connectivity index (χ1n) is 7.91. The second-order valence-corrected chi connectivity index (χ2v) is 5.86. The molecule has 0 radical (unpaired) electrons. The molecule has 0 atom stereocenters. The van der Waals surface area contributed by atoms with Crippen LogP contribution in [-0.2, 0) is 6.61 Å². The lowest BCUT2D eigenvalue weighted by molar-refractivity contribution is 0.111. The van der Waals surface area contributed by atoms with Gasteiger partial charge < -0.3 is 14.3 Å². The molecule has 0 aliphatic rings. The van der Waals surface area contributed by atoms with Crippen molar-refractivity contribution in [3.63, 3.8) is 0 Å². The van der Waals surface area contributed by atoms with E-state index in [2.05, 4.69) is 10.1 Å². The van der Waals surface area contributed by atoms with Gasteiger partial charge in [0.05, 0.1) is 5.56 Å².